The summed E-state index contributed by atoms with van der Waals surface area (Å²) in [5.41, 5.74) is 15.3. The maximum absolute atomic E-state index is 12.0. The number of thioether (sulfide) groups is 1. The summed E-state index contributed by atoms with van der Waals surface area (Å²) in [6.45, 7) is 1.98. The average molecular weight is 533 g/mol. The van der Waals surface area contributed by atoms with E-state index < -0.39 is 5.91 Å². The molecule has 3 aromatic rings. The first-order chi connectivity index (χ1) is 16.9. The highest BCUT2D eigenvalue weighted by Gasteiger charge is 2.44. The van der Waals surface area contributed by atoms with Gasteiger partial charge in [0.1, 0.15) is 12.8 Å². The third-order valence-electron chi connectivity index (χ3n) is 4.84. The van der Waals surface area contributed by atoms with Crippen molar-refractivity contribution in [1.29, 1.82) is 0 Å². The zero-order chi connectivity index (χ0) is 24.9. The molecule has 5 rings (SSSR count). The molecule has 13 nitrogen and oxygen atoms in total. The first-order valence-corrected chi connectivity index (χ1v) is 12.8. The Bertz CT molecular complexity index is 1310. The minimum absolute atomic E-state index is 0.0320. The van der Waals surface area contributed by atoms with Gasteiger partial charge in [0.05, 0.1) is 28.7 Å². The molecule has 5 N–H and O–H groups in total. The molecule has 1 saturated heterocycles. The largest absolute Gasteiger partial charge is 0.398 e. The van der Waals surface area contributed by atoms with Gasteiger partial charge in [-0.2, -0.15) is 5.21 Å². The highest BCUT2D eigenvalue weighted by molar-refractivity contribution is 8.00. The molecule has 0 spiro atoms. The van der Waals surface area contributed by atoms with Crippen molar-refractivity contribution < 1.29 is 14.4 Å². The molecule has 0 aromatic carbocycles. The van der Waals surface area contributed by atoms with Crippen molar-refractivity contribution in [3.05, 3.63) is 44.6 Å². The number of nitrogens with zero attached hydrogens (tertiary/aromatic N) is 7. The van der Waals surface area contributed by atoms with Crippen LogP contribution in [0.5, 0.6) is 0 Å². The molecule has 182 valence electrons. The molecular weight excluding hydrogens is 512 g/mol. The number of H-pyrrole nitrogens is 1. The van der Waals surface area contributed by atoms with Crippen molar-refractivity contribution >= 4 is 68.9 Å². The fourth-order valence-corrected chi connectivity index (χ4v) is 5.67. The molecule has 2 aliphatic heterocycles. The summed E-state index contributed by atoms with van der Waals surface area (Å²) in [4.78, 5) is 38.2. The van der Waals surface area contributed by atoms with Crippen LogP contribution < -0.4 is 11.5 Å². The molecule has 16 heteroatoms. The average Bonchev–Trinajstić information content (AvgIpc) is 3.58. The number of carbonyl (C=O) groups excluding carboxylic acids is 2. The zero-order valence-electron chi connectivity index (χ0n) is 18.5. The van der Waals surface area contributed by atoms with Crippen LogP contribution >= 0.6 is 34.4 Å². The van der Waals surface area contributed by atoms with Gasteiger partial charge in [0.15, 0.2) is 10.8 Å². The number of oxime groups is 1. The van der Waals surface area contributed by atoms with Gasteiger partial charge in [-0.3, -0.25) is 14.5 Å². The van der Waals surface area contributed by atoms with Crippen molar-refractivity contribution in [2.24, 2.45) is 10.9 Å². The number of nitrogen functional groups attached to an aromatic ring is 1. The number of primary amides is 1. The lowest BCUT2D eigenvalue weighted by molar-refractivity contribution is -0.136. The summed E-state index contributed by atoms with van der Waals surface area (Å²) < 4.78 is 0. The summed E-state index contributed by atoms with van der Waals surface area (Å²) in [5.74, 6) is 0.704. The fraction of sp³-hybridized carbons (Fsp3) is 0.263. The van der Waals surface area contributed by atoms with E-state index in [9.17, 15) is 9.59 Å². The number of β-lactam (4-membered cyclic amide) rings is 1. The van der Waals surface area contributed by atoms with Crippen molar-refractivity contribution in [2.75, 3.05) is 18.6 Å². The summed E-state index contributed by atoms with van der Waals surface area (Å²) in [7, 11) is 1.32. The standard InChI is InChI=1S/C13H12N6OS2.C6H8N4O2S/c1-7-9(22-6-14-7)3-2-8-5-21-11-4-10(20)19(11)12(8)13-15-17-18-16-13;1-12-10-4(5(7)11)3-2-13-6(8)9-3/h2-3,6,11H,4-5H2,1H3,(H,15,16,17,18);2H,1H3,(H2,7,11)(H2,8,9)/b3-2-;10-4-/t11-;/m1./s1. The Hall–Kier alpha value is -3.63. The molecule has 0 aliphatic carbocycles. The molecule has 5 heterocycles. The quantitative estimate of drug-likeness (QED) is 0.236. The van der Waals surface area contributed by atoms with Crippen LogP contribution in [-0.4, -0.2) is 71.3 Å². The summed E-state index contributed by atoms with van der Waals surface area (Å²) in [5, 5.41) is 19.7. The van der Waals surface area contributed by atoms with Gasteiger partial charge in [0, 0.05) is 16.0 Å². The molecule has 35 heavy (non-hydrogen) atoms. The number of hydrogen-bond acceptors (Lipinski definition) is 13. The summed E-state index contributed by atoms with van der Waals surface area (Å²) >= 11 is 4.56. The number of fused-ring (bicyclic) bond motifs is 1. The molecule has 0 saturated carbocycles. The van der Waals surface area contributed by atoms with Crippen molar-refractivity contribution in [1.82, 2.24) is 35.5 Å². The minimum atomic E-state index is -0.702. The molecule has 0 unspecified atom stereocenters. The number of aromatic amines is 1. The lowest BCUT2D eigenvalue weighted by Gasteiger charge is -2.44. The van der Waals surface area contributed by atoms with Gasteiger partial charge in [0.2, 0.25) is 11.7 Å². The van der Waals surface area contributed by atoms with Crippen LogP contribution in [0.2, 0.25) is 0 Å². The van der Waals surface area contributed by atoms with Crippen LogP contribution in [0.3, 0.4) is 0 Å². The van der Waals surface area contributed by atoms with Crippen molar-refractivity contribution in [3.63, 3.8) is 0 Å². The lowest BCUT2D eigenvalue weighted by atomic mass is 10.1. The number of hydrogen-bond donors (Lipinski definition) is 3. The third kappa shape index (κ3) is 5.39. The van der Waals surface area contributed by atoms with E-state index in [1.165, 1.54) is 18.4 Å². The zero-order valence-corrected chi connectivity index (χ0v) is 21.0. The predicted molar refractivity (Wildman–Crippen MR) is 134 cm³/mol. The van der Waals surface area contributed by atoms with E-state index in [0.717, 1.165) is 27.6 Å². The van der Waals surface area contributed by atoms with Gasteiger partial charge in [-0.05, 0) is 23.8 Å². The number of amides is 2. The lowest BCUT2D eigenvalue weighted by Crippen LogP contribution is -2.51. The van der Waals surface area contributed by atoms with E-state index in [-0.39, 0.29) is 17.0 Å². The van der Waals surface area contributed by atoms with Crippen LogP contribution in [0.15, 0.2) is 27.7 Å². The van der Waals surface area contributed by atoms with Crippen LogP contribution in [0.1, 0.15) is 28.5 Å². The number of tetrazole rings is 1. The first-order valence-electron chi connectivity index (χ1n) is 10.00. The molecule has 0 bridgehead atoms. The Balaban J connectivity index is 0.000000191. The van der Waals surface area contributed by atoms with E-state index in [1.54, 1.807) is 33.4 Å². The Morgan fingerprint density at radius 2 is 2.20 bits per heavy atom. The van der Waals surface area contributed by atoms with Gasteiger partial charge in [0.25, 0.3) is 5.91 Å². The van der Waals surface area contributed by atoms with Crippen LogP contribution in [-0.2, 0) is 14.4 Å². The molecular formula is C19H20N10O3S3. The van der Waals surface area contributed by atoms with E-state index in [1.807, 2.05) is 24.6 Å². The number of nitrogens with one attached hydrogen (secondary N) is 1. The number of anilines is 1. The van der Waals surface area contributed by atoms with E-state index >= 15 is 0 Å². The topological polar surface area (TPSA) is 191 Å². The molecule has 3 aromatic heterocycles. The molecule has 1 atom stereocenters. The molecule has 1 fully saturated rings. The van der Waals surface area contributed by atoms with E-state index in [0.29, 0.717) is 23.1 Å². The highest BCUT2D eigenvalue weighted by Crippen LogP contribution is 2.43. The van der Waals surface area contributed by atoms with Crippen LogP contribution in [0, 0.1) is 6.92 Å². The second kappa shape index (κ2) is 10.7. The normalized spacial score (nSPS) is 17.7. The maximum Gasteiger partial charge on any atom is 0.273 e. The fourth-order valence-electron chi connectivity index (χ4n) is 3.19. The number of rotatable bonds is 6. The Labute approximate surface area is 211 Å². The van der Waals surface area contributed by atoms with Gasteiger partial charge < -0.3 is 16.3 Å². The smallest absolute Gasteiger partial charge is 0.273 e. The predicted octanol–water partition coefficient (Wildman–Crippen LogP) is 1.26. The number of allylic oxidation sites excluding steroid dienone is 1. The number of nitrogens with two attached hydrogens (primary N) is 2. The number of carbonyl (C=O) groups is 2. The van der Waals surface area contributed by atoms with Gasteiger partial charge >= 0.3 is 0 Å². The maximum atomic E-state index is 12.0. The third-order valence-corrected chi connectivity index (χ3v) is 7.65. The SMILES string of the molecule is CO/N=C(\C(N)=O)c1csc(N)n1.Cc1ncsc1/C=C\C1=C(c2nn[nH]n2)N2C(=O)C[C@H]2SC1. The summed E-state index contributed by atoms with van der Waals surface area (Å²) in [6, 6.07) is 0. The van der Waals surface area contributed by atoms with Crippen molar-refractivity contribution in [2.45, 2.75) is 18.7 Å². The van der Waals surface area contributed by atoms with Crippen LogP contribution in [0.4, 0.5) is 5.13 Å². The minimum Gasteiger partial charge on any atom is -0.398 e. The van der Waals surface area contributed by atoms with Gasteiger partial charge in [-0.15, -0.1) is 44.6 Å². The molecule has 0 radical (unpaired) electrons. The highest BCUT2D eigenvalue weighted by atomic mass is 32.2. The molecule has 2 amide bonds. The van der Waals surface area contributed by atoms with Gasteiger partial charge in [-0.1, -0.05) is 11.2 Å². The first kappa shape index (κ1) is 24.5. The number of thiazole rings is 2. The van der Waals surface area contributed by atoms with Gasteiger partial charge in [-0.25, -0.2) is 9.97 Å². The number of aromatic nitrogens is 6. The second-order valence-electron chi connectivity index (χ2n) is 7.04. The Kier molecular flexibility index (Phi) is 7.52. The van der Waals surface area contributed by atoms with Crippen molar-refractivity contribution in [3.8, 4) is 0 Å². The van der Waals surface area contributed by atoms with Crippen LogP contribution in [0.25, 0.3) is 11.8 Å². The Morgan fingerprint density at radius 3 is 2.77 bits per heavy atom. The monoisotopic (exact) mass is 532 g/mol. The summed E-state index contributed by atoms with van der Waals surface area (Å²) in [6.07, 6.45) is 4.64. The Morgan fingerprint density at radius 1 is 1.37 bits per heavy atom. The second-order valence-corrected chi connectivity index (χ2v) is 9.98. The van der Waals surface area contributed by atoms with E-state index in [2.05, 4.69) is 40.6 Å². The number of aryl methyl sites for hydroxylation is 1. The van der Waals surface area contributed by atoms with E-state index in [4.69, 9.17) is 11.5 Å². The molecule has 2 aliphatic rings.